The number of nitrogens with one attached hydrogen (secondary N) is 1. The van der Waals surface area contributed by atoms with Gasteiger partial charge in [-0.05, 0) is 25.3 Å². The molecule has 1 aromatic rings. The maximum absolute atomic E-state index is 10.8. The number of hydrogen-bond donors (Lipinski definition) is 2. The molecule has 1 aromatic heterocycles. The number of hydrogen-bond acceptors (Lipinski definition) is 1. The second kappa shape index (κ2) is 4.12. The summed E-state index contributed by atoms with van der Waals surface area (Å²) in [6.07, 6.45) is 4.69. The molecular formula is C10H15NO2. The predicted molar refractivity (Wildman–Crippen MR) is 51.1 cm³/mol. The van der Waals surface area contributed by atoms with Crippen LogP contribution in [0.1, 0.15) is 41.4 Å². The van der Waals surface area contributed by atoms with Gasteiger partial charge in [0.1, 0.15) is 0 Å². The van der Waals surface area contributed by atoms with Crippen molar-refractivity contribution < 1.29 is 9.90 Å². The molecule has 1 heterocycles. The number of H-pyrrole nitrogens is 1. The lowest BCUT2D eigenvalue weighted by molar-refractivity contribution is 0.0695. The molecule has 0 aromatic carbocycles. The van der Waals surface area contributed by atoms with Gasteiger partial charge < -0.3 is 10.1 Å². The molecule has 0 aliphatic heterocycles. The van der Waals surface area contributed by atoms with Gasteiger partial charge in [-0.2, -0.15) is 0 Å². The molecule has 0 unspecified atom stereocenters. The molecular weight excluding hydrogens is 166 g/mol. The van der Waals surface area contributed by atoms with E-state index in [9.17, 15) is 4.79 Å². The standard InChI is InChI=1S/C10H15NO2/c1-3-4-5-8-9(10(12)13)7(2)6-11-8/h6,11H,3-5H2,1-2H3,(H,12,13). The van der Waals surface area contributed by atoms with Crippen molar-refractivity contribution in [3.8, 4) is 0 Å². The highest BCUT2D eigenvalue weighted by atomic mass is 16.4. The molecule has 0 spiro atoms. The Labute approximate surface area is 77.8 Å². The van der Waals surface area contributed by atoms with Crippen LogP contribution in [0.3, 0.4) is 0 Å². The van der Waals surface area contributed by atoms with Gasteiger partial charge >= 0.3 is 5.97 Å². The zero-order chi connectivity index (χ0) is 9.84. The molecule has 0 radical (unpaired) electrons. The van der Waals surface area contributed by atoms with Gasteiger partial charge in [0.2, 0.25) is 0 Å². The molecule has 0 fully saturated rings. The van der Waals surface area contributed by atoms with Crippen molar-refractivity contribution in [1.29, 1.82) is 0 Å². The number of aryl methyl sites for hydroxylation is 2. The van der Waals surface area contributed by atoms with Gasteiger partial charge in [0.25, 0.3) is 0 Å². The van der Waals surface area contributed by atoms with E-state index < -0.39 is 5.97 Å². The number of carboxylic acid groups (broad SMARTS) is 1. The minimum absolute atomic E-state index is 0.452. The number of carbonyl (C=O) groups is 1. The monoisotopic (exact) mass is 181 g/mol. The summed E-state index contributed by atoms with van der Waals surface area (Å²) in [4.78, 5) is 13.9. The maximum Gasteiger partial charge on any atom is 0.337 e. The molecule has 3 nitrogen and oxygen atoms in total. The highest BCUT2D eigenvalue weighted by Crippen LogP contribution is 2.15. The molecule has 0 aliphatic carbocycles. The predicted octanol–water partition coefficient (Wildman–Crippen LogP) is 2.36. The zero-order valence-electron chi connectivity index (χ0n) is 8.05. The van der Waals surface area contributed by atoms with Gasteiger partial charge in [-0.25, -0.2) is 4.79 Å². The Morgan fingerprint density at radius 2 is 2.31 bits per heavy atom. The Morgan fingerprint density at radius 1 is 1.62 bits per heavy atom. The highest BCUT2D eigenvalue weighted by Gasteiger charge is 2.13. The van der Waals surface area contributed by atoms with E-state index in [4.69, 9.17) is 5.11 Å². The van der Waals surface area contributed by atoms with E-state index >= 15 is 0 Å². The van der Waals surface area contributed by atoms with Crippen molar-refractivity contribution in [2.24, 2.45) is 0 Å². The zero-order valence-corrected chi connectivity index (χ0v) is 8.05. The van der Waals surface area contributed by atoms with Crippen LogP contribution < -0.4 is 0 Å². The van der Waals surface area contributed by atoms with Crippen molar-refractivity contribution in [2.75, 3.05) is 0 Å². The Hall–Kier alpha value is -1.25. The minimum atomic E-state index is -0.829. The van der Waals surface area contributed by atoms with Crippen molar-refractivity contribution in [2.45, 2.75) is 33.1 Å². The molecule has 1 rings (SSSR count). The summed E-state index contributed by atoms with van der Waals surface area (Å²) >= 11 is 0. The summed E-state index contributed by atoms with van der Waals surface area (Å²) in [5, 5.41) is 8.91. The van der Waals surface area contributed by atoms with Crippen LogP contribution in [0, 0.1) is 6.92 Å². The largest absolute Gasteiger partial charge is 0.478 e. The van der Waals surface area contributed by atoms with Crippen LogP contribution in [0.4, 0.5) is 0 Å². The van der Waals surface area contributed by atoms with Crippen LogP contribution in [-0.4, -0.2) is 16.1 Å². The van der Waals surface area contributed by atoms with Crippen LogP contribution >= 0.6 is 0 Å². The average Bonchev–Trinajstić information content (AvgIpc) is 2.43. The summed E-state index contributed by atoms with van der Waals surface area (Å²) in [5.74, 6) is -0.829. The lowest BCUT2D eigenvalue weighted by atomic mass is 10.1. The normalized spacial score (nSPS) is 10.3. The molecule has 0 aliphatic rings. The Balaban J connectivity index is 2.87. The minimum Gasteiger partial charge on any atom is -0.478 e. The molecule has 0 saturated heterocycles. The SMILES string of the molecule is CCCCc1[nH]cc(C)c1C(=O)O. The van der Waals surface area contributed by atoms with Crippen molar-refractivity contribution in [3.63, 3.8) is 0 Å². The first-order chi connectivity index (χ1) is 6.16. The number of carboxylic acids is 1. The van der Waals surface area contributed by atoms with E-state index in [0.717, 1.165) is 30.5 Å². The smallest absolute Gasteiger partial charge is 0.337 e. The topological polar surface area (TPSA) is 53.1 Å². The maximum atomic E-state index is 10.8. The fourth-order valence-electron chi connectivity index (χ4n) is 1.43. The fourth-order valence-corrected chi connectivity index (χ4v) is 1.43. The van der Waals surface area contributed by atoms with Gasteiger partial charge in [0.05, 0.1) is 5.56 Å². The van der Waals surface area contributed by atoms with Crippen LogP contribution in [-0.2, 0) is 6.42 Å². The Morgan fingerprint density at radius 3 is 2.85 bits per heavy atom. The molecule has 0 amide bonds. The summed E-state index contributed by atoms with van der Waals surface area (Å²) in [7, 11) is 0. The van der Waals surface area contributed by atoms with E-state index in [-0.39, 0.29) is 0 Å². The summed E-state index contributed by atoms with van der Waals surface area (Å²) in [5.41, 5.74) is 2.12. The first-order valence-electron chi connectivity index (χ1n) is 4.57. The molecule has 0 bridgehead atoms. The van der Waals surface area contributed by atoms with E-state index in [1.165, 1.54) is 0 Å². The van der Waals surface area contributed by atoms with Crippen molar-refractivity contribution in [3.05, 3.63) is 23.0 Å². The van der Waals surface area contributed by atoms with Crippen LogP contribution in [0.25, 0.3) is 0 Å². The lowest BCUT2D eigenvalue weighted by Crippen LogP contribution is -2.01. The third kappa shape index (κ3) is 2.11. The Bertz CT molecular complexity index is 302. The van der Waals surface area contributed by atoms with E-state index in [1.807, 2.05) is 6.92 Å². The van der Waals surface area contributed by atoms with E-state index in [1.54, 1.807) is 6.20 Å². The number of unbranched alkanes of at least 4 members (excludes halogenated alkanes) is 1. The Kier molecular flexibility index (Phi) is 3.12. The quantitative estimate of drug-likeness (QED) is 0.749. The molecule has 3 heteroatoms. The second-order valence-corrected chi connectivity index (χ2v) is 3.23. The van der Waals surface area contributed by atoms with Gasteiger partial charge in [-0.3, -0.25) is 0 Å². The van der Waals surface area contributed by atoms with E-state index in [2.05, 4.69) is 11.9 Å². The van der Waals surface area contributed by atoms with Crippen molar-refractivity contribution in [1.82, 2.24) is 4.98 Å². The van der Waals surface area contributed by atoms with Gasteiger partial charge in [-0.1, -0.05) is 13.3 Å². The first-order valence-corrected chi connectivity index (χ1v) is 4.57. The number of rotatable bonds is 4. The number of aromatic carboxylic acids is 1. The molecule has 0 saturated carbocycles. The lowest BCUT2D eigenvalue weighted by Gasteiger charge is -1.99. The second-order valence-electron chi connectivity index (χ2n) is 3.23. The summed E-state index contributed by atoms with van der Waals surface area (Å²) in [6, 6.07) is 0. The number of aromatic amines is 1. The van der Waals surface area contributed by atoms with E-state index in [0.29, 0.717) is 5.56 Å². The van der Waals surface area contributed by atoms with Gasteiger partial charge in [0, 0.05) is 11.9 Å². The third-order valence-corrected chi connectivity index (χ3v) is 2.15. The molecule has 13 heavy (non-hydrogen) atoms. The average molecular weight is 181 g/mol. The van der Waals surface area contributed by atoms with Gasteiger partial charge in [-0.15, -0.1) is 0 Å². The van der Waals surface area contributed by atoms with Crippen LogP contribution in [0.15, 0.2) is 6.20 Å². The number of aromatic nitrogens is 1. The van der Waals surface area contributed by atoms with Crippen LogP contribution in [0.5, 0.6) is 0 Å². The summed E-state index contributed by atoms with van der Waals surface area (Å²) < 4.78 is 0. The third-order valence-electron chi connectivity index (χ3n) is 2.15. The first kappa shape index (κ1) is 9.84. The molecule has 72 valence electrons. The fraction of sp³-hybridized carbons (Fsp3) is 0.500. The van der Waals surface area contributed by atoms with Gasteiger partial charge in [0.15, 0.2) is 0 Å². The molecule has 0 atom stereocenters. The van der Waals surface area contributed by atoms with Crippen LogP contribution in [0.2, 0.25) is 0 Å². The summed E-state index contributed by atoms with van der Waals surface area (Å²) in [6.45, 7) is 3.91. The van der Waals surface area contributed by atoms with Crippen molar-refractivity contribution >= 4 is 5.97 Å². The molecule has 2 N–H and O–H groups in total. The highest BCUT2D eigenvalue weighted by molar-refractivity contribution is 5.90.